The van der Waals surface area contributed by atoms with Crippen LogP contribution in [0.3, 0.4) is 0 Å². The minimum absolute atomic E-state index is 0.255. The molecule has 0 bridgehead atoms. The second-order valence-corrected chi connectivity index (χ2v) is 5.64. The average Bonchev–Trinajstić information content (AvgIpc) is 2.50. The highest BCUT2D eigenvalue weighted by molar-refractivity contribution is 5.91. The number of hydrogen-bond acceptors (Lipinski definition) is 2. The number of halogens is 2. The zero-order valence-electron chi connectivity index (χ0n) is 13.4. The molecule has 0 aliphatic carbocycles. The molecule has 1 atom stereocenters. The standard InChI is InChI=1S/C18H21F2NO2/c1-4-9-23-14-6-7-15(13(3)10-14)16-8-5-12(2)18(22)21(16)11-17(19)20/h4,6-8,10,12,17H,1,5,9,11H2,2-3H3. The highest BCUT2D eigenvalue weighted by atomic mass is 19.3. The number of carbonyl (C=O) groups excluding carboxylic acids is 1. The lowest BCUT2D eigenvalue weighted by Gasteiger charge is -2.32. The second kappa shape index (κ2) is 7.40. The Labute approximate surface area is 135 Å². The number of hydrogen-bond donors (Lipinski definition) is 0. The lowest BCUT2D eigenvalue weighted by atomic mass is 9.95. The first kappa shape index (κ1) is 17.2. The van der Waals surface area contributed by atoms with Gasteiger partial charge in [0, 0.05) is 17.2 Å². The number of ether oxygens (including phenoxy) is 1. The molecule has 0 spiro atoms. The van der Waals surface area contributed by atoms with Crippen LogP contribution in [0.1, 0.15) is 24.5 Å². The van der Waals surface area contributed by atoms with Gasteiger partial charge < -0.3 is 9.64 Å². The third-order valence-electron chi connectivity index (χ3n) is 3.81. The number of amides is 1. The van der Waals surface area contributed by atoms with Gasteiger partial charge in [0.15, 0.2) is 0 Å². The Bertz CT molecular complexity index is 625. The van der Waals surface area contributed by atoms with Crippen molar-refractivity contribution in [3.63, 3.8) is 0 Å². The van der Waals surface area contributed by atoms with Crippen LogP contribution in [0, 0.1) is 12.8 Å². The number of allylic oxidation sites excluding steroid dienone is 1. The van der Waals surface area contributed by atoms with Crippen molar-refractivity contribution in [2.75, 3.05) is 13.2 Å². The van der Waals surface area contributed by atoms with Crippen molar-refractivity contribution in [3.05, 3.63) is 48.1 Å². The van der Waals surface area contributed by atoms with Crippen LogP contribution >= 0.6 is 0 Å². The van der Waals surface area contributed by atoms with Gasteiger partial charge in [-0.2, -0.15) is 0 Å². The summed E-state index contributed by atoms with van der Waals surface area (Å²) in [7, 11) is 0. The molecule has 0 N–H and O–H groups in total. The number of nitrogens with zero attached hydrogens (tertiary/aromatic N) is 1. The van der Waals surface area contributed by atoms with Gasteiger partial charge in [-0.1, -0.05) is 25.7 Å². The summed E-state index contributed by atoms with van der Waals surface area (Å²) < 4.78 is 31.2. The van der Waals surface area contributed by atoms with E-state index in [1.807, 2.05) is 19.1 Å². The van der Waals surface area contributed by atoms with Crippen LogP contribution in [-0.2, 0) is 4.79 Å². The quantitative estimate of drug-likeness (QED) is 0.740. The van der Waals surface area contributed by atoms with Crippen LogP contribution in [-0.4, -0.2) is 30.4 Å². The Morgan fingerprint density at radius 3 is 2.83 bits per heavy atom. The van der Waals surface area contributed by atoms with Crippen molar-refractivity contribution in [2.45, 2.75) is 26.7 Å². The smallest absolute Gasteiger partial charge is 0.256 e. The van der Waals surface area contributed by atoms with Crippen molar-refractivity contribution in [1.82, 2.24) is 4.90 Å². The molecule has 0 fully saturated rings. The molecule has 2 rings (SSSR count). The molecule has 0 radical (unpaired) electrons. The van der Waals surface area contributed by atoms with Crippen LogP contribution in [0.25, 0.3) is 5.70 Å². The van der Waals surface area contributed by atoms with E-state index in [4.69, 9.17) is 4.74 Å². The van der Waals surface area contributed by atoms with Crippen LogP contribution in [0.4, 0.5) is 8.78 Å². The summed E-state index contributed by atoms with van der Waals surface area (Å²) in [5.74, 6) is 0.157. The van der Waals surface area contributed by atoms with E-state index in [9.17, 15) is 13.6 Å². The summed E-state index contributed by atoms with van der Waals surface area (Å²) in [5, 5.41) is 0. The van der Waals surface area contributed by atoms with Crippen LogP contribution in [0.15, 0.2) is 36.9 Å². The van der Waals surface area contributed by atoms with E-state index in [1.165, 1.54) is 4.90 Å². The lowest BCUT2D eigenvalue weighted by molar-refractivity contribution is -0.133. The van der Waals surface area contributed by atoms with Crippen molar-refractivity contribution >= 4 is 11.6 Å². The number of alkyl halides is 2. The lowest BCUT2D eigenvalue weighted by Crippen LogP contribution is -2.39. The first-order valence-electron chi connectivity index (χ1n) is 7.58. The van der Waals surface area contributed by atoms with Crippen molar-refractivity contribution in [2.24, 2.45) is 5.92 Å². The second-order valence-electron chi connectivity index (χ2n) is 5.64. The van der Waals surface area contributed by atoms with Crippen LogP contribution in [0.2, 0.25) is 0 Å². The van der Waals surface area contributed by atoms with Gasteiger partial charge in [0.2, 0.25) is 5.91 Å². The molecule has 0 saturated carbocycles. The van der Waals surface area contributed by atoms with E-state index < -0.39 is 13.0 Å². The molecule has 3 nitrogen and oxygen atoms in total. The third kappa shape index (κ3) is 3.97. The average molecular weight is 321 g/mol. The van der Waals surface area contributed by atoms with Gasteiger partial charge in [-0.25, -0.2) is 8.78 Å². The number of carbonyl (C=O) groups is 1. The molecule has 1 aromatic carbocycles. The molecule has 1 amide bonds. The highest BCUT2D eigenvalue weighted by Crippen LogP contribution is 2.32. The van der Waals surface area contributed by atoms with E-state index in [1.54, 1.807) is 25.1 Å². The predicted octanol–water partition coefficient (Wildman–Crippen LogP) is 4.03. The molecule has 0 saturated heterocycles. The minimum atomic E-state index is -2.57. The molecular weight excluding hydrogens is 300 g/mol. The van der Waals surface area contributed by atoms with Gasteiger partial charge >= 0.3 is 0 Å². The fourth-order valence-electron chi connectivity index (χ4n) is 2.63. The molecule has 1 aromatic rings. The van der Waals surface area contributed by atoms with E-state index in [0.29, 0.717) is 24.5 Å². The monoisotopic (exact) mass is 321 g/mol. The summed E-state index contributed by atoms with van der Waals surface area (Å²) >= 11 is 0. The molecule has 1 unspecified atom stereocenters. The number of aryl methyl sites for hydroxylation is 1. The molecule has 124 valence electrons. The fourth-order valence-corrected chi connectivity index (χ4v) is 2.63. The van der Waals surface area contributed by atoms with Crippen molar-refractivity contribution < 1.29 is 18.3 Å². The van der Waals surface area contributed by atoms with Gasteiger partial charge in [-0.05, 0) is 37.1 Å². The molecule has 1 aliphatic rings. The Balaban J connectivity index is 2.34. The maximum absolute atomic E-state index is 12.9. The zero-order chi connectivity index (χ0) is 17.0. The third-order valence-corrected chi connectivity index (χ3v) is 3.81. The Kier molecular flexibility index (Phi) is 5.53. The Morgan fingerprint density at radius 1 is 1.48 bits per heavy atom. The van der Waals surface area contributed by atoms with Gasteiger partial charge in [0.25, 0.3) is 6.43 Å². The minimum Gasteiger partial charge on any atom is -0.490 e. The summed E-state index contributed by atoms with van der Waals surface area (Å²) in [4.78, 5) is 13.5. The maximum Gasteiger partial charge on any atom is 0.256 e. The van der Waals surface area contributed by atoms with Gasteiger partial charge in [0.05, 0.1) is 6.54 Å². The topological polar surface area (TPSA) is 29.5 Å². The Hall–Kier alpha value is -2.17. The van der Waals surface area contributed by atoms with Crippen LogP contribution in [0.5, 0.6) is 5.75 Å². The highest BCUT2D eigenvalue weighted by Gasteiger charge is 2.30. The van der Waals surface area contributed by atoms with E-state index in [2.05, 4.69) is 6.58 Å². The fraction of sp³-hybridized carbons (Fsp3) is 0.389. The largest absolute Gasteiger partial charge is 0.490 e. The van der Waals surface area contributed by atoms with E-state index >= 15 is 0 Å². The summed E-state index contributed by atoms with van der Waals surface area (Å²) in [6.07, 6.45) is 1.50. The molecule has 23 heavy (non-hydrogen) atoms. The predicted molar refractivity (Wildman–Crippen MR) is 86.3 cm³/mol. The van der Waals surface area contributed by atoms with Crippen LogP contribution < -0.4 is 4.74 Å². The molecule has 1 aliphatic heterocycles. The first-order valence-corrected chi connectivity index (χ1v) is 7.58. The van der Waals surface area contributed by atoms with E-state index in [0.717, 1.165) is 11.1 Å². The molecule has 0 aromatic heterocycles. The first-order chi connectivity index (χ1) is 10.9. The number of benzene rings is 1. The van der Waals surface area contributed by atoms with Gasteiger partial charge in [0.1, 0.15) is 12.4 Å². The zero-order valence-corrected chi connectivity index (χ0v) is 13.4. The normalized spacial score (nSPS) is 18.1. The maximum atomic E-state index is 12.9. The van der Waals surface area contributed by atoms with Gasteiger partial charge in [-0.3, -0.25) is 4.79 Å². The summed E-state index contributed by atoms with van der Waals surface area (Å²) in [5.41, 5.74) is 2.21. The van der Waals surface area contributed by atoms with E-state index in [-0.39, 0.29) is 11.8 Å². The van der Waals surface area contributed by atoms with Crippen molar-refractivity contribution in [1.29, 1.82) is 0 Å². The Morgan fingerprint density at radius 2 is 2.22 bits per heavy atom. The van der Waals surface area contributed by atoms with Gasteiger partial charge in [-0.15, -0.1) is 0 Å². The van der Waals surface area contributed by atoms with Crippen molar-refractivity contribution in [3.8, 4) is 5.75 Å². The molecule has 1 heterocycles. The summed E-state index contributed by atoms with van der Waals surface area (Å²) in [6.45, 7) is 7.04. The molecule has 5 heteroatoms. The SMILES string of the molecule is C=CCOc1ccc(C2=CCC(C)C(=O)N2CC(F)F)c(C)c1. The number of rotatable bonds is 6. The summed E-state index contributed by atoms with van der Waals surface area (Å²) in [6, 6.07) is 5.42. The molecular formula is C18H21F2NO2.